The van der Waals surface area contributed by atoms with E-state index in [4.69, 9.17) is 14.7 Å². The standard InChI is InChI=1S/C16H15NO4S/c1-20-14-8-5-7-12(10-17)16(14)21-11-13-6-3-4-9-15(13)22(2,18)19/h3-9H,11H2,1-2H3. The average Bonchev–Trinajstić information content (AvgIpc) is 2.51. The van der Waals surface area contributed by atoms with Gasteiger partial charge in [-0.15, -0.1) is 0 Å². The second kappa shape index (κ2) is 6.50. The largest absolute Gasteiger partial charge is 0.493 e. The molecule has 2 aromatic carbocycles. The van der Waals surface area contributed by atoms with Crippen molar-refractivity contribution in [3.63, 3.8) is 0 Å². The SMILES string of the molecule is COc1cccc(C#N)c1OCc1ccccc1S(C)(=O)=O. The molecule has 5 nitrogen and oxygen atoms in total. The van der Waals surface area contributed by atoms with Gasteiger partial charge in [-0.25, -0.2) is 8.42 Å². The van der Waals surface area contributed by atoms with Gasteiger partial charge in [0.25, 0.3) is 0 Å². The predicted molar refractivity (Wildman–Crippen MR) is 81.6 cm³/mol. The molecule has 0 aliphatic rings. The number of benzene rings is 2. The quantitative estimate of drug-likeness (QED) is 0.847. The molecule has 0 amide bonds. The van der Waals surface area contributed by atoms with Crippen LogP contribution >= 0.6 is 0 Å². The number of nitriles is 1. The highest BCUT2D eigenvalue weighted by molar-refractivity contribution is 7.90. The summed E-state index contributed by atoms with van der Waals surface area (Å²) in [6.45, 7) is 0.0261. The summed E-state index contributed by atoms with van der Waals surface area (Å²) in [6.07, 6.45) is 1.15. The zero-order valence-electron chi connectivity index (χ0n) is 12.2. The lowest BCUT2D eigenvalue weighted by Crippen LogP contribution is -2.06. The first-order valence-corrected chi connectivity index (χ1v) is 8.34. The van der Waals surface area contributed by atoms with Gasteiger partial charge in [0.1, 0.15) is 12.7 Å². The summed E-state index contributed by atoms with van der Waals surface area (Å²) in [5.74, 6) is 0.728. The minimum atomic E-state index is -3.35. The van der Waals surface area contributed by atoms with Gasteiger partial charge in [0.05, 0.1) is 17.6 Å². The van der Waals surface area contributed by atoms with Gasteiger partial charge in [-0.1, -0.05) is 24.3 Å². The van der Waals surface area contributed by atoms with Gasteiger partial charge in [0, 0.05) is 11.8 Å². The Kier molecular flexibility index (Phi) is 4.68. The summed E-state index contributed by atoms with van der Waals surface area (Å²) in [4.78, 5) is 0.211. The van der Waals surface area contributed by atoms with Crippen LogP contribution in [0.15, 0.2) is 47.4 Å². The van der Waals surface area contributed by atoms with Crippen molar-refractivity contribution in [2.24, 2.45) is 0 Å². The van der Waals surface area contributed by atoms with Gasteiger partial charge in [-0.2, -0.15) is 5.26 Å². The van der Waals surface area contributed by atoms with E-state index >= 15 is 0 Å². The predicted octanol–water partition coefficient (Wildman–Crippen LogP) is 2.55. The minimum absolute atomic E-state index is 0.0261. The Hall–Kier alpha value is -2.52. The van der Waals surface area contributed by atoms with E-state index in [2.05, 4.69) is 0 Å². The zero-order valence-corrected chi connectivity index (χ0v) is 13.1. The minimum Gasteiger partial charge on any atom is -0.493 e. The third-order valence-corrected chi connectivity index (χ3v) is 4.26. The lowest BCUT2D eigenvalue weighted by atomic mass is 10.2. The van der Waals surface area contributed by atoms with E-state index in [9.17, 15) is 8.42 Å². The Morgan fingerprint density at radius 3 is 2.50 bits per heavy atom. The lowest BCUT2D eigenvalue weighted by molar-refractivity contribution is 0.281. The van der Waals surface area contributed by atoms with E-state index in [0.29, 0.717) is 22.6 Å². The number of hydrogen-bond acceptors (Lipinski definition) is 5. The van der Waals surface area contributed by atoms with Crippen LogP contribution in [0, 0.1) is 11.3 Å². The topological polar surface area (TPSA) is 76.4 Å². The number of hydrogen-bond donors (Lipinski definition) is 0. The maximum Gasteiger partial charge on any atom is 0.179 e. The molecule has 2 rings (SSSR count). The van der Waals surface area contributed by atoms with E-state index < -0.39 is 9.84 Å². The molecule has 0 heterocycles. The van der Waals surface area contributed by atoms with Gasteiger partial charge in [0.15, 0.2) is 21.3 Å². The number of methoxy groups -OCH3 is 1. The summed E-state index contributed by atoms with van der Waals surface area (Å²) in [5, 5.41) is 9.14. The van der Waals surface area contributed by atoms with E-state index in [1.807, 2.05) is 6.07 Å². The number of sulfone groups is 1. The van der Waals surface area contributed by atoms with Crippen molar-refractivity contribution >= 4 is 9.84 Å². The summed E-state index contributed by atoms with van der Waals surface area (Å²) >= 11 is 0. The van der Waals surface area contributed by atoms with E-state index in [-0.39, 0.29) is 11.5 Å². The van der Waals surface area contributed by atoms with Crippen LogP contribution in [-0.4, -0.2) is 21.8 Å². The normalized spacial score (nSPS) is 10.8. The monoisotopic (exact) mass is 317 g/mol. The molecule has 22 heavy (non-hydrogen) atoms. The molecule has 0 N–H and O–H groups in total. The highest BCUT2D eigenvalue weighted by Gasteiger charge is 2.15. The highest BCUT2D eigenvalue weighted by Crippen LogP contribution is 2.31. The lowest BCUT2D eigenvalue weighted by Gasteiger charge is -2.13. The van der Waals surface area contributed by atoms with Crippen molar-refractivity contribution in [1.82, 2.24) is 0 Å². The van der Waals surface area contributed by atoms with Crippen LogP contribution in [0.1, 0.15) is 11.1 Å². The van der Waals surface area contributed by atoms with Gasteiger partial charge >= 0.3 is 0 Å². The van der Waals surface area contributed by atoms with Crippen LogP contribution in [0.25, 0.3) is 0 Å². The Labute approximate surface area is 129 Å². The van der Waals surface area contributed by atoms with E-state index in [1.165, 1.54) is 13.2 Å². The molecule has 0 radical (unpaired) electrons. The second-order valence-electron chi connectivity index (χ2n) is 4.62. The molecule has 0 bridgehead atoms. The second-order valence-corrected chi connectivity index (χ2v) is 6.60. The molecule has 0 atom stereocenters. The van der Waals surface area contributed by atoms with E-state index in [1.54, 1.807) is 36.4 Å². The van der Waals surface area contributed by atoms with Gasteiger partial charge in [-0.05, 0) is 18.2 Å². The fraction of sp³-hybridized carbons (Fsp3) is 0.188. The third-order valence-electron chi connectivity index (χ3n) is 3.06. The number of nitrogens with zero attached hydrogens (tertiary/aromatic N) is 1. The molecule has 0 fully saturated rings. The number of rotatable bonds is 5. The molecule has 2 aromatic rings. The fourth-order valence-corrected chi connectivity index (χ4v) is 2.98. The molecule has 0 aromatic heterocycles. The maximum absolute atomic E-state index is 11.8. The number of ether oxygens (including phenoxy) is 2. The van der Waals surface area contributed by atoms with Crippen molar-refractivity contribution in [2.75, 3.05) is 13.4 Å². The summed E-state index contributed by atoms with van der Waals surface area (Å²) in [7, 11) is -1.87. The van der Waals surface area contributed by atoms with Gasteiger partial charge in [-0.3, -0.25) is 0 Å². The van der Waals surface area contributed by atoms with Crippen molar-refractivity contribution in [3.05, 3.63) is 53.6 Å². The molecular formula is C16H15NO4S. The third kappa shape index (κ3) is 3.38. The zero-order chi connectivity index (χ0) is 16.2. The fourth-order valence-electron chi connectivity index (χ4n) is 2.05. The van der Waals surface area contributed by atoms with Gasteiger partial charge < -0.3 is 9.47 Å². The van der Waals surface area contributed by atoms with Crippen LogP contribution in [0.4, 0.5) is 0 Å². The summed E-state index contributed by atoms with van der Waals surface area (Å²) in [6, 6.07) is 13.6. The molecule has 0 aliphatic carbocycles. The Morgan fingerprint density at radius 2 is 1.86 bits per heavy atom. The smallest absolute Gasteiger partial charge is 0.179 e. The summed E-state index contributed by atoms with van der Waals surface area (Å²) < 4.78 is 34.4. The molecule has 6 heteroatoms. The van der Waals surface area contributed by atoms with Crippen LogP contribution in [0.5, 0.6) is 11.5 Å². The Balaban J connectivity index is 2.35. The average molecular weight is 317 g/mol. The van der Waals surface area contributed by atoms with E-state index in [0.717, 1.165) is 6.26 Å². The van der Waals surface area contributed by atoms with Crippen LogP contribution in [-0.2, 0) is 16.4 Å². The first-order valence-electron chi connectivity index (χ1n) is 6.45. The van der Waals surface area contributed by atoms with Gasteiger partial charge in [0.2, 0.25) is 0 Å². The van der Waals surface area contributed by atoms with Crippen molar-refractivity contribution in [2.45, 2.75) is 11.5 Å². The highest BCUT2D eigenvalue weighted by atomic mass is 32.2. The van der Waals surface area contributed by atoms with Crippen LogP contribution < -0.4 is 9.47 Å². The van der Waals surface area contributed by atoms with Crippen molar-refractivity contribution in [3.8, 4) is 17.6 Å². The number of para-hydroxylation sites is 1. The first-order chi connectivity index (χ1) is 10.5. The molecule has 0 aliphatic heterocycles. The molecule has 0 saturated heterocycles. The molecular weight excluding hydrogens is 302 g/mol. The molecule has 0 saturated carbocycles. The van der Waals surface area contributed by atoms with Crippen molar-refractivity contribution < 1.29 is 17.9 Å². The first kappa shape index (κ1) is 15.9. The molecule has 0 spiro atoms. The Bertz CT molecular complexity index is 822. The van der Waals surface area contributed by atoms with Crippen molar-refractivity contribution in [1.29, 1.82) is 5.26 Å². The summed E-state index contributed by atoms with van der Waals surface area (Å²) in [5.41, 5.74) is 0.857. The van der Waals surface area contributed by atoms with Crippen LogP contribution in [0.2, 0.25) is 0 Å². The molecule has 0 unspecified atom stereocenters. The molecule has 114 valence electrons. The maximum atomic E-state index is 11.8. The van der Waals surface area contributed by atoms with Crippen LogP contribution in [0.3, 0.4) is 0 Å². The Morgan fingerprint density at radius 1 is 1.14 bits per heavy atom.